The van der Waals surface area contributed by atoms with E-state index in [1.165, 1.54) is 12.1 Å². The molecule has 17 heavy (non-hydrogen) atoms. The van der Waals surface area contributed by atoms with Crippen molar-refractivity contribution in [3.63, 3.8) is 0 Å². The van der Waals surface area contributed by atoms with Crippen LogP contribution in [0.4, 0.5) is 4.39 Å². The van der Waals surface area contributed by atoms with Crippen molar-refractivity contribution in [2.24, 2.45) is 0 Å². The molecule has 0 saturated carbocycles. The Labute approximate surface area is 111 Å². The van der Waals surface area contributed by atoms with Crippen LogP contribution in [0.2, 0.25) is 15.1 Å². The normalized spacial score (nSPS) is 10.6. The summed E-state index contributed by atoms with van der Waals surface area (Å²) < 4.78 is 13.6. The van der Waals surface area contributed by atoms with E-state index in [1.54, 1.807) is 0 Å². The average Bonchev–Trinajstić information content (AvgIpc) is 2.29. The first-order valence-electron chi connectivity index (χ1n) is 4.53. The third kappa shape index (κ3) is 2.32. The zero-order valence-electron chi connectivity index (χ0n) is 8.23. The lowest BCUT2D eigenvalue weighted by atomic mass is 10.1. The third-order valence-corrected chi connectivity index (χ3v) is 3.31. The lowest BCUT2D eigenvalue weighted by Crippen LogP contribution is -2.05. The molecule has 0 atom stereocenters. The van der Waals surface area contributed by atoms with Crippen LogP contribution < -0.4 is 5.56 Å². The number of aromatic nitrogens is 1. The van der Waals surface area contributed by atoms with E-state index in [2.05, 4.69) is 4.98 Å². The van der Waals surface area contributed by atoms with Gasteiger partial charge in [-0.3, -0.25) is 4.79 Å². The van der Waals surface area contributed by atoms with Gasteiger partial charge in [0.25, 0.3) is 0 Å². The first kappa shape index (κ1) is 12.4. The van der Waals surface area contributed by atoms with Gasteiger partial charge in [0.15, 0.2) is 0 Å². The Morgan fingerprint density at radius 3 is 2.47 bits per heavy atom. The Morgan fingerprint density at radius 2 is 1.76 bits per heavy atom. The average molecular weight is 293 g/mol. The molecule has 0 aliphatic carbocycles. The molecule has 1 aromatic heterocycles. The molecule has 1 aromatic carbocycles. The predicted molar refractivity (Wildman–Crippen MR) is 67.5 cm³/mol. The summed E-state index contributed by atoms with van der Waals surface area (Å²) in [6.07, 6.45) is 0.950. The molecule has 2 aromatic rings. The minimum atomic E-state index is -0.629. The smallest absolute Gasteiger partial charge is 0.248 e. The fourth-order valence-electron chi connectivity index (χ4n) is 1.42. The summed E-state index contributed by atoms with van der Waals surface area (Å²) in [4.78, 5) is 13.4. The Balaban J connectivity index is 2.81. The van der Waals surface area contributed by atoms with Crippen molar-refractivity contribution in [2.75, 3.05) is 0 Å². The van der Waals surface area contributed by atoms with Crippen LogP contribution >= 0.6 is 34.8 Å². The maximum Gasteiger partial charge on any atom is 0.248 e. The standard InChI is InChI=1S/C11H5Cl3FNO/c12-6-1-2-7(13)11(14)10(6)5-3-9(17)16-4-8(5)15/h1-4H,(H,16,17). The second-order valence-electron chi connectivity index (χ2n) is 3.28. The van der Waals surface area contributed by atoms with Gasteiger partial charge >= 0.3 is 0 Å². The van der Waals surface area contributed by atoms with Gasteiger partial charge in [-0.15, -0.1) is 0 Å². The molecule has 0 amide bonds. The number of hydrogen-bond acceptors (Lipinski definition) is 1. The van der Waals surface area contributed by atoms with Crippen molar-refractivity contribution in [1.29, 1.82) is 0 Å². The van der Waals surface area contributed by atoms with Crippen molar-refractivity contribution >= 4 is 34.8 Å². The van der Waals surface area contributed by atoms with E-state index >= 15 is 0 Å². The van der Waals surface area contributed by atoms with Gasteiger partial charge in [0.2, 0.25) is 5.56 Å². The van der Waals surface area contributed by atoms with Crippen LogP contribution in [0.3, 0.4) is 0 Å². The minimum absolute atomic E-state index is 0.0197. The maximum absolute atomic E-state index is 13.6. The maximum atomic E-state index is 13.6. The van der Waals surface area contributed by atoms with Gasteiger partial charge in [0, 0.05) is 23.4 Å². The summed E-state index contributed by atoms with van der Waals surface area (Å²) >= 11 is 17.7. The summed E-state index contributed by atoms with van der Waals surface area (Å²) in [6, 6.07) is 4.07. The SMILES string of the molecule is O=c1cc(-c2c(Cl)ccc(Cl)c2Cl)c(F)c[nH]1. The van der Waals surface area contributed by atoms with Crippen molar-refractivity contribution in [3.8, 4) is 11.1 Å². The summed E-state index contributed by atoms with van der Waals surface area (Å²) in [5.74, 6) is -0.629. The Hall–Kier alpha value is -1.03. The highest BCUT2D eigenvalue weighted by Gasteiger charge is 2.15. The van der Waals surface area contributed by atoms with Gasteiger partial charge in [-0.1, -0.05) is 34.8 Å². The van der Waals surface area contributed by atoms with Crippen molar-refractivity contribution < 1.29 is 4.39 Å². The van der Waals surface area contributed by atoms with Crippen LogP contribution in [0.15, 0.2) is 29.2 Å². The molecule has 0 aliphatic heterocycles. The molecule has 6 heteroatoms. The lowest BCUT2D eigenvalue weighted by molar-refractivity contribution is 0.624. The van der Waals surface area contributed by atoms with E-state index in [0.717, 1.165) is 12.3 Å². The minimum Gasteiger partial charge on any atom is -0.326 e. The van der Waals surface area contributed by atoms with Crippen LogP contribution in [0.1, 0.15) is 0 Å². The number of rotatable bonds is 1. The second-order valence-corrected chi connectivity index (χ2v) is 4.47. The number of halogens is 4. The quantitative estimate of drug-likeness (QED) is 0.787. The Bertz CT molecular complexity index is 639. The largest absolute Gasteiger partial charge is 0.326 e. The topological polar surface area (TPSA) is 32.9 Å². The van der Waals surface area contributed by atoms with Gasteiger partial charge in [-0.2, -0.15) is 0 Å². The van der Waals surface area contributed by atoms with Gasteiger partial charge in [0.05, 0.1) is 15.1 Å². The number of nitrogens with one attached hydrogen (secondary N) is 1. The summed E-state index contributed by atoms with van der Waals surface area (Å²) in [5, 5.41) is 0.582. The lowest BCUT2D eigenvalue weighted by Gasteiger charge is -2.09. The van der Waals surface area contributed by atoms with E-state index in [4.69, 9.17) is 34.8 Å². The summed E-state index contributed by atoms with van der Waals surface area (Å²) in [7, 11) is 0. The summed E-state index contributed by atoms with van der Waals surface area (Å²) in [5.41, 5.74) is -0.218. The van der Waals surface area contributed by atoms with Crippen molar-refractivity contribution in [1.82, 2.24) is 4.98 Å². The molecule has 0 unspecified atom stereocenters. The zero-order chi connectivity index (χ0) is 12.6. The number of aromatic amines is 1. The molecule has 0 saturated heterocycles. The zero-order valence-corrected chi connectivity index (χ0v) is 10.5. The first-order chi connectivity index (χ1) is 8.00. The van der Waals surface area contributed by atoms with E-state index < -0.39 is 11.4 Å². The van der Waals surface area contributed by atoms with Crippen molar-refractivity contribution in [3.05, 3.63) is 55.6 Å². The molecule has 2 nitrogen and oxygen atoms in total. The van der Waals surface area contributed by atoms with E-state index in [0.29, 0.717) is 0 Å². The number of H-pyrrole nitrogens is 1. The molecule has 0 bridgehead atoms. The second kappa shape index (κ2) is 4.69. The molecule has 0 fully saturated rings. The molecule has 1 N–H and O–H groups in total. The van der Waals surface area contributed by atoms with E-state index in [9.17, 15) is 9.18 Å². The molecule has 0 spiro atoms. The molecule has 0 aliphatic rings. The van der Waals surface area contributed by atoms with E-state index in [1.807, 2.05) is 0 Å². The number of hydrogen-bond donors (Lipinski definition) is 1. The molecule has 1 heterocycles. The number of pyridine rings is 1. The monoisotopic (exact) mass is 291 g/mol. The van der Waals surface area contributed by atoms with E-state index in [-0.39, 0.29) is 26.2 Å². The van der Waals surface area contributed by atoms with Gasteiger partial charge in [0.1, 0.15) is 5.82 Å². The van der Waals surface area contributed by atoms with Crippen LogP contribution in [0.5, 0.6) is 0 Å². The molecule has 0 radical (unpaired) electrons. The molecule has 88 valence electrons. The van der Waals surface area contributed by atoms with Crippen LogP contribution in [-0.4, -0.2) is 4.98 Å². The Morgan fingerprint density at radius 1 is 1.12 bits per heavy atom. The van der Waals surface area contributed by atoms with Crippen LogP contribution in [0.25, 0.3) is 11.1 Å². The van der Waals surface area contributed by atoms with Gasteiger partial charge in [-0.05, 0) is 12.1 Å². The fraction of sp³-hybridized carbons (Fsp3) is 0. The van der Waals surface area contributed by atoms with Crippen molar-refractivity contribution in [2.45, 2.75) is 0 Å². The van der Waals surface area contributed by atoms with Gasteiger partial charge < -0.3 is 4.98 Å². The number of benzene rings is 1. The first-order valence-corrected chi connectivity index (χ1v) is 5.66. The van der Waals surface area contributed by atoms with Crippen LogP contribution in [-0.2, 0) is 0 Å². The summed E-state index contributed by atoms with van der Waals surface area (Å²) in [6.45, 7) is 0. The Kier molecular flexibility index (Phi) is 3.43. The highest BCUT2D eigenvalue weighted by atomic mass is 35.5. The molecule has 2 rings (SSSR count). The highest BCUT2D eigenvalue weighted by molar-refractivity contribution is 6.46. The third-order valence-electron chi connectivity index (χ3n) is 2.19. The predicted octanol–water partition coefficient (Wildman–Crippen LogP) is 4.14. The van der Waals surface area contributed by atoms with Gasteiger partial charge in [-0.25, -0.2) is 4.39 Å². The molecular weight excluding hydrogens is 287 g/mol. The molecular formula is C11H5Cl3FNO. The highest BCUT2D eigenvalue weighted by Crippen LogP contribution is 2.39. The van der Waals surface area contributed by atoms with Crippen LogP contribution in [0, 0.1) is 5.82 Å². The fourth-order valence-corrected chi connectivity index (χ4v) is 2.15.